The zero-order valence-corrected chi connectivity index (χ0v) is 13.6. The minimum absolute atomic E-state index is 0.793. The van der Waals surface area contributed by atoms with Crippen LogP contribution in [0.5, 0.6) is 5.75 Å². The third-order valence-corrected chi connectivity index (χ3v) is 3.92. The summed E-state index contributed by atoms with van der Waals surface area (Å²) in [5.74, 6) is 1.04. The molecule has 0 spiro atoms. The Kier molecular flexibility index (Phi) is 7.04. The lowest BCUT2D eigenvalue weighted by molar-refractivity contribution is 0.201. The average Bonchev–Trinajstić information content (AvgIpc) is 3.33. The van der Waals surface area contributed by atoms with Gasteiger partial charge in [-0.2, -0.15) is 0 Å². The molecule has 0 amide bonds. The first-order chi connectivity index (χ1) is 10.3. The molecule has 3 heteroatoms. The van der Waals surface area contributed by atoms with Gasteiger partial charge in [-0.3, -0.25) is 4.90 Å². The van der Waals surface area contributed by atoms with Crippen molar-refractivity contribution in [1.29, 1.82) is 0 Å². The largest absolute Gasteiger partial charge is 0.492 e. The molecule has 3 nitrogen and oxygen atoms in total. The summed E-state index contributed by atoms with van der Waals surface area (Å²) in [6.45, 7) is 9.44. The van der Waals surface area contributed by atoms with Gasteiger partial charge in [0.15, 0.2) is 0 Å². The second kappa shape index (κ2) is 9.06. The van der Waals surface area contributed by atoms with E-state index in [1.165, 1.54) is 31.4 Å². The monoisotopic (exact) mass is 290 g/mol. The molecule has 0 aliphatic heterocycles. The first kappa shape index (κ1) is 16.3. The van der Waals surface area contributed by atoms with Crippen LogP contribution in [-0.2, 0) is 6.54 Å². The van der Waals surface area contributed by atoms with Crippen LogP contribution >= 0.6 is 0 Å². The third kappa shape index (κ3) is 5.68. The fourth-order valence-electron chi connectivity index (χ4n) is 2.67. The summed E-state index contributed by atoms with van der Waals surface area (Å²) in [7, 11) is 0. The Morgan fingerprint density at radius 2 is 1.95 bits per heavy atom. The van der Waals surface area contributed by atoms with E-state index in [1.54, 1.807) is 0 Å². The van der Waals surface area contributed by atoms with Crippen LogP contribution < -0.4 is 10.1 Å². The summed E-state index contributed by atoms with van der Waals surface area (Å²) in [5, 5.41) is 3.45. The Hall–Kier alpha value is -1.06. The molecule has 1 aromatic rings. The Morgan fingerprint density at radius 3 is 2.67 bits per heavy atom. The summed E-state index contributed by atoms with van der Waals surface area (Å²) in [5.41, 5.74) is 1.26. The lowest BCUT2D eigenvalue weighted by atomic mass is 10.2. The number of hydrogen-bond donors (Lipinski definition) is 1. The van der Waals surface area contributed by atoms with E-state index in [0.717, 1.165) is 44.5 Å². The SMILES string of the molecule is CCCNCc1ccccc1OCCN(CCC)C1CC1. The van der Waals surface area contributed by atoms with Crippen molar-refractivity contribution in [2.75, 3.05) is 26.2 Å². The molecule has 118 valence electrons. The van der Waals surface area contributed by atoms with Crippen molar-refractivity contribution in [2.45, 2.75) is 52.1 Å². The van der Waals surface area contributed by atoms with Crippen molar-refractivity contribution >= 4 is 0 Å². The lowest BCUT2D eigenvalue weighted by Gasteiger charge is -2.21. The molecule has 0 saturated heterocycles. The smallest absolute Gasteiger partial charge is 0.123 e. The molecule has 1 aliphatic rings. The number of rotatable bonds is 11. The molecule has 2 rings (SSSR count). The number of nitrogens with zero attached hydrogens (tertiary/aromatic N) is 1. The van der Waals surface area contributed by atoms with Crippen LogP contribution in [0, 0.1) is 0 Å². The summed E-state index contributed by atoms with van der Waals surface area (Å²) < 4.78 is 6.04. The van der Waals surface area contributed by atoms with E-state index >= 15 is 0 Å². The van der Waals surface area contributed by atoms with Crippen LogP contribution in [0.1, 0.15) is 45.1 Å². The molecule has 1 aromatic carbocycles. The molecule has 0 unspecified atom stereocenters. The predicted octanol–water partition coefficient (Wildman–Crippen LogP) is 3.44. The second-order valence-corrected chi connectivity index (χ2v) is 5.90. The van der Waals surface area contributed by atoms with Gasteiger partial charge in [0.25, 0.3) is 0 Å². The molecule has 1 N–H and O–H groups in total. The molecule has 0 radical (unpaired) electrons. The van der Waals surface area contributed by atoms with Gasteiger partial charge in [0.05, 0.1) is 0 Å². The topological polar surface area (TPSA) is 24.5 Å². The Balaban J connectivity index is 1.78. The molecule has 0 heterocycles. The minimum atomic E-state index is 0.793. The van der Waals surface area contributed by atoms with Gasteiger partial charge in [-0.05, 0) is 44.8 Å². The van der Waals surface area contributed by atoms with E-state index < -0.39 is 0 Å². The first-order valence-corrected chi connectivity index (χ1v) is 8.50. The Bertz CT molecular complexity index is 404. The molecule has 1 aliphatic carbocycles. The van der Waals surface area contributed by atoms with Crippen LogP contribution in [-0.4, -0.2) is 37.2 Å². The normalized spacial score (nSPS) is 14.6. The standard InChI is InChI=1S/C18H30N2O/c1-3-11-19-15-16-7-5-6-8-18(16)21-14-13-20(12-4-2)17-9-10-17/h5-8,17,19H,3-4,9-15H2,1-2H3. The van der Waals surface area contributed by atoms with Crippen LogP contribution in [0.3, 0.4) is 0 Å². The molecular weight excluding hydrogens is 260 g/mol. The molecule has 0 atom stereocenters. The quantitative estimate of drug-likeness (QED) is 0.632. The molecule has 0 bridgehead atoms. The maximum Gasteiger partial charge on any atom is 0.123 e. The summed E-state index contributed by atoms with van der Waals surface area (Å²) in [6, 6.07) is 9.22. The molecular formula is C18H30N2O. The molecule has 0 aromatic heterocycles. The van der Waals surface area contributed by atoms with Crippen LogP contribution in [0.25, 0.3) is 0 Å². The Labute approximate surface area is 129 Å². The summed E-state index contributed by atoms with van der Waals surface area (Å²) in [4.78, 5) is 2.58. The number of benzene rings is 1. The molecule has 21 heavy (non-hydrogen) atoms. The Morgan fingerprint density at radius 1 is 1.14 bits per heavy atom. The highest BCUT2D eigenvalue weighted by atomic mass is 16.5. The molecule has 1 fully saturated rings. The highest BCUT2D eigenvalue weighted by molar-refractivity contribution is 5.33. The minimum Gasteiger partial charge on any atom is -0.492 e. The van der Waals surface area contributed by atoms with E-state index in [4.69, 9.17) is 4.74 Å². The van der Waals surface area contributed by atoms with Gasteiger partial charge < -0.3 is 10.1 Å². The van der Waals surface area contributed by atoms with E-state index in [9.17, 15) is 0 Å². The van der Waals surface area contributed by atoms with Gasteiger partial charge in [0, 0.05) is 24.7 Å². The average molecular weight is 290 g/mol. The van der Waals surface area contributed by atoms with Gasteiger partial charge >= 0.3 is 0 Å². The van der Waals surface area contributed by atoms with Gasteiger partial charge in [-0.15, -0.1) is 0 Å². The van der Waals surface area contributed by atoms with Gasteiger partial charge in [0.1, 0.15) is 12.4 Å². The van der Waals surface area contributed by atoms with E-state index in [1.807, 2.05) is 0 Å². The van der Waals surface area contributed by atoms with Crippen molar-refractivity contribution in [3.05, 3.63) is 29.8 Å². The molecule has 1 saturated carbocycles. The van der Waals surface area contributed by atoms with Gasteiger partial charge in [-0.1, -0.05) is 32.0 Å². The zero-order chi connectivity index (χ0) is 14.9. The van der Waals surface area contributed by atoms with E-state index in [2.05, 4.69) is 48.3 Å². The van der Waals surface area contributed by atoms with Gasteiger partial charge in [-0.25, -0.2) is 0 Å². The van der Waals surface area contributed by atoms with Crippen LogP contribution in [0.2, 0.25) is 0 Å². The first-order valence-electron chi connectivity index (χ1n) is 8.50. The zero-order valence-electron chi connectivity index (χ0n) is 13.6. The number of para-hydroxylation sites is 1. The fraction of sp³-hybridized carbons (Fsp3) is 0.667. The number of ether oxygens (including phenoxy) is 1. The highest BCUT2D eigenvalue weighted by Gasteiger charge is 2.27. The second-order valence-electron chi connectivity index (χ2n) is 5.90. The summed E-state index contributed by atoms with van der Waals surface area (Å²) >= 11 is 0. The summed E-state index contributed by atoms with van der Waals surface area (Å²) in [6.07, 6.45) is 5.14. The van der Waals surface area contributed by atoms with Crippen molar-refractivity contribution < 1.29 is 4.74 Å². The van der Waals surface area contributed by atoms with Crippen molar-refractivity contribution in [1.82, 2.24) is 10.2 Å². The number of hydrogen-bond acceptors (Lipinski definition) is 3. The van der Waals surface area contributed by atoms with E-state index in [-0.39, 0.29) is 0 Å². The van der Waals surface area contributed by atoms with Crippen molar-refractivity contribution in [3.8, 4) is 5.75 Å². The lowest BCUT2D eigenvalue weighted by Crippen LogP contribution is -2.31. The number of nitrogens with one attached hydrogen (secondary N) is 1. The maximum atomic E-state index is 6.04. The van der Waals surface area contributed by atoms with Crippen molar-refractivity contribution in [3.63, 3.8) is 0 Å². The van der Waals surface area contributed by atoms with Crippen LogP contribution in [0.15, 0.2) is 24.3 Å². The van der Waals surface area contributed by atoms with Crippen LogP contribution in [0.4, 0.5) is 0 Å². The predicted molar refractivity (Wildman–Crippen MR) is 88.8 cm³/mol. The van der Waals surface area contributed by atoms with Gasteiger partial charge in [0.2, 0.25) is 0 Å². The fourth-order valence-corrected chi connectivity index (χ4v) is 2.67. The third-order valence-electron chi connectivity index (χ3n) is 3.92. The maximum absolute atomic E-state index is 6.04. The highest BCUT2D eigenvalue weighted by Crippen LogP contribution is 2.26. The van der Waals surface area contributed by atoms with Crippen molar-refractivity contribution in [2.24, 2.45) is 0 Å². The van der Waals surface area contributed by atoms with E-state index in [0.29, 0.717) is 0 Å².